The summed E-state index contributed by atoms with van der Waals surface area (Å²) in [5, 5.41) is 35.7. The molecule has 0 aromatic rings. The fraction of sp³-hybridized carbons (Fsp3) is 0.500. The van der Waals surface area contributed by atoms with E-state index in [1.165, 1.54) is 0 Å². The van der Waals surface area contributed by atoms with Crippen LogP contribution in [0.2, 0.25) is 0 Å². The molecule has 0 heterocycles. The molecule has 10 N–H and O–H groups in total. The summed E-state index contributed by atoms with van der Waals surface area (Å²) in [4.78, 5) is 19.3. The Morgan fingerprint density at radius 1 is 0.812 bits per heavy atom. The van der Waals surface area contributed by atoms with Crippen LogP contribution >= 0.6 is 0 Å². The molecule has 0 rings (SSSR count). The summed E-state index contributed by atoms with van der Waals surface area (Å²) in [5.74, 6) is -4.12. The van der Waals surface area contributed by atoms with Crippen LogP contribution in [-0.2, 0) is 9.59 Å². The van der Waals surface area contributed by atoms with Crippen molar-refractivity contribution >= 4 is 57.4 Å². The van der Waals surface area contributed by atoms with Crippen molar-refractivity contribution in [3.05, 3.63) is 0 Å². The quantitative estimate of drug-likeness (QED) is 0.440. The molecule has 0 aliphatic heterocycles. The van der Waals surface area contributed by atoms with Crippen molar-refractivity contribution in [3.8, 4) is 0 Å². The van der Waals surface area contributed by atoms with Gasteiger partial charge in [0.25, 0.3) is 0 Å². The van der Waals surface area contributed by atoms with Gasteiger partial charge in [-0.2, -0.15) is 0 Å². The van der Waals surface area contributed by atoms with Crippen LogP contribution in [0.1, 0.15) is 0 Å². The molecule has 2 atom stereocenters. The first-order chi connectivity index (χ1) is 4.46. The van der Waals surface area contributed by atoms with Crippen molar-refractivity contribution in [2.45, 2.75) is 12.2 Å². The Morgan fingerprint density at radius 3 is 1.00 bits per heavy atom. The van der Waals surface area contributed by atoms with E-state index in [0.717, 1.165) is 0 Å². The molecule has 16 heavy (non-hydrogen) atoms. The number of aliphatic carboxylic acids is 2. The van der Waals surface area contributed by atoms with Gasteiger partial charge >= 0.3 is 104 Å². The summed E-state index contributed by atoms with van der Waals surface area (Å²) in [7, 11) is 0. The van der Waals surface area contributed by atoms with Gasteiger partial charge in [0.15, 0.2) is 0 Å². The predicted octanol–water partition coefficient (Wildman–Crippen LogP) is -11.5. The third-order valence-corrected chi connectivity index (χ3v) is 0.782. The van der Waals surface area contributed by atoms with E-state index >= 15 is 0 Å². The number of carbonyl (C=O) groups is 2. The third-order valence-electron chi connectivity index (χ3n) is 0.782. The second-order valence-corrected chi connectivity index (χ2v) is 1.53. The third kappa shape index (κ3) is 18.4. The van der Waals surface area contributed by atoms with Gasteiger partial charge in [-0.05, 0) is 0 Å². The first kappa shape index (κ1) is 43.0. The van der Waals surface area contributed by atoms with Crippen molar-refractivity contribution < 1.29 is 110 Å². The SMILES string of the molecule is O.O.O.O.O=C([O-])C(O)C(O)C(=O)[O-].[Rb+].[Sr+2]. The average Bonchev–Trinajstić information content (AvgIpc) is 1.84. The van der Waals surface area contributed by atoms with Crippen LogP contribution in [0, 0.1) is 0 Å². The van der Waals surface area contributed by atoms with Gasteiger partial charge in [0.05, 0.1) is 11.9 Å². The van der Waals surface area contributed by atoms with Crippen molar-refractivity contribution in [2.24, 2.45) is 0 Å². The average molecular weight is 393 g/mol. The molecule has 0 aromatic heterocycles. The minimum Gasteiger partial charge on any atom is -0.547 e. The van der Waals surface area contributed by atoms with Gasteiger partial charge in [-0.25, -0.2) is 0 Å². The Bertz CT molecular complexity index is 147. The molecule has 0 fully saturated rings. The first-order valence-corrected chi connectivity index (χ1v) is 2.24. The van der Waals surface area contributed by atoms with E-state index in [0.29, 0.717) is 0 Å². The van der Waals surface area contributed by atoms with Gasteiger partial charge in [0.1, 0.15) is 12.2 Å². The Labute approximate surface area is 176 Å². The van der Waals surface area contributed by atoms with Crippen molar-refractivity contribution in [2.75, 3.05) is 0 Å². The maximum absolute atomic E-state index is 9.63. The molecule has 0 spiro atoms. The van der Waals surface area contributed by atoms with Crippen LogP contribution in [0.4, 0.5) is 0 Å². The predicted molar refractivity (Wildman–Crippen MR) is 42.2 cm³/mol. The van der Waals surface area contributed by atoms with E-state index in [2.05, 4.69) is 0 Å². The minimum absolute atomic E-state index is 0. The Hall–Kier alpha value is 1.99. The van der Waals surface area contributed by atoms with E-state index in [4.69, 9.17) is 10.2 Å². The molecule has 0 aliphatic rings. The molecule has 2 unspecified atom stereocenters. The smallest absolute Gasteiger partial charge is 0.547 e. The van der Waals surface area contributed by atoms with Crippen LogP contribution in [0.3, 0.4) is 0 Å². The summed E-state index contributed by atoms with van der Waals surface area (Å²) < 4.78 is 0. The summed E-state index contributed by atoms with van der Waals surface area (Å²) in [6.07, 6.45) is -4.88. The number of hydrogen-bond donors (Lipinski definition) is 2. The largest absolute Gasteiger partial charge is 2.00 e. The van der Waals surface area contributed by atoms with E-state index in [9.17, 15) is 19.8 Å². The second kappa shape index (κ2) is 22.2. The standard InChI is InChI=1S/C4H6O6.4H2O.Rb.Sr/c5-1(3(7)8)2(6)4(9)10;;;;;;/h1-2,5-6H,(H,7,8)(H,9,10);4*1H2;;/q;;;;;+1;+2/p-2. The van der Waals surface area contributed by atoms with E-state index in [1.54, 1.807) is 0 Å². The maximum Gasteiger partial charge on any atom is 2.00 e. The van der Waals surface area contributed by atoms with Crippen LogP contribution in [0.25, 0.3) is 0 Å². The molecule has 0 bridgehead atoms. The van der Waals surface area contributed by atoms with Gasteiger partial charge in [0, 0.05) is 0 Å². The summed E-state index contributed by atoms with van der Waals surface area (Å²) >= 11 is 0. The zero-order chi connectivity index (χ0) is 8.31. The number of carbonyl (C=O) groups excluding carboxylic acids is 2. The molecule has 90 valence electrons. The van der Waals surface area contributed by atoms with Gasteiger partial charge in [-0.3, -0.25) is 0 Å². The van der Waals surface area contributed by atoms with Crippen LogP contribution in [0.5, 0.6) is 0 Å². The normalized spacial score (nSPS) is 9.88. The van der Waals surface area contributed by atoms with Crippen LogP contribution in [-0.4, -0.2) is 102 Å². The molecule has 10 nitrogen and oxygen atoms in total. The summed E-state index contributed by atoms with van der Waals surface area (Å²) in [6, 6.07) is 0. The topological polar surface area (TPSA) is 247 Å². The number of hydrogen-bond acceptors (Lipinski definition) is 6. The molecular formula is C4H12O10RbSr+. The second-order valence-electron chi connectivity index (χ2n) is 1.53. The van der Waals surface area contributed by atoms with Crippen molar-refractivity contribution in [1.82, 2.24) is 0 Å². The molecule has 0 radical (unpaired) electrons. The Balaban J connectivity index is -0.0000000270. The maximum atomic E-state index is 9.63. The van der Waals surface area contributed by atoms with Crippen molar-refractivity contribution in [3.63, 3.8) is 0 Å². The van der Waals surface area contributed by atoms with E-state index < -0.39 is 24.1 Å². The van der Waals surface area contributed by atoms with Crippen LogP contribution < -0.4 is 68.4 Å². The Kier molecular flexibility index (Phi) is 59.6. The number of rotatable bonds is 3. The fourth-order valence-corrected chi connectivity index (χ4v) is 0.258. The van der Waals surface area contributed by atoms with E-state index in [1.807, 2.05) is 0 Å². The monoisotopic (exact) mass is 393 g/mol. The molecular weight excluding hydrogens is 381 g/mol. The zero-order valence-corrected chi connectivity index (χ0v) is 16.8. The molecule has 0 amide bonds. The summed E-state index contributed by atoms with van der Waals surface area (Å²) in [6.45, 7) is 0. The Morgan fingerprint density at radius 2 is 0.938 bits per heavy atom. The van der Waals surface area contributed by atoms with Crippen molar-refractivity contribution in [1.29, 1.82) is 0 Å². The molecule has 0 saturated heterocycles. The minimum atomic E-state index is -2.44. The van der Waals surface area contributed by atoms with Gasteiger partial charge in [0.2, 0.25) is 0 Å². The van der Waals surface area contributed by atoms with E-state index in [-0.39, 0.29) is 126 Å². The molecule has 0 aliphatic carbocycles. The van der Waals surface area contributed by atoms with Gasteiger partial charge in [-0.1, -0.05) is 0 Å². The molecule has 0 aromatic carbocycles. The summed E-state index contributed by atoms with van der Waals surface area (Å²) in [5.41, 5.74) is 0. The van der Waals surface area contributed by atoms with Gasteiger partial charge in [-0.15, -0.1) is 0 Å². The zero-order valence-electron chi connectivity index (χ0n) is 8.39. The molecule has 0 saturated carbocycles. The number of carboxylic acids is 2. The van der Waals surface area contributed by atoms with Gasteiger partial charge < -0.3 is 51.9 Å². The van der Waals surface area contributed by atoms with Crippen LogP contribution in [0.15, 0.2) is 0 Å². The number of carboxylic acid groups (broad SMARTS) is 2. The fourth-order valence-electron chi connectivity index (χ4n) is 0.258. The molecule has 12 heteroatoms. The number of aliphatic hydroxyl groups excluding tert-OH is 2. The number of aliphatic hydroxyl groups is 2. The first-order valence-electron chi connectivity index (χ1n) is 2.24.